The van der Waals surface area contributed by atoms with Crippen molar-refractivity contribution in [1.29, 1.82) is 0 Å². The van der Waals surface area contributed by atoms with Crippen LogP contribution >= 0.6 is 11.3 Å². The maximum Gasteiger partial charge on any atom is 0.416 e. The Bertz CT molecular complexity index is 1060. The number of esters is 1. The van der Waals surface area contributed by atoms with E-state index in [1.165, 1.54) is 53.3 Å². The van der Waals surface area contributed by atoms with Crippen molar-refractivity contribution in [2.45, 2.75) is 19.1 Å². The Morgan fingerprint density at radius 1 is 1.20 bits per heavy atom. The molecule has 0 fully saturated rings. The number of halogens is 3. The van der Waals surface area contributed by atoms with E-state index < -0.39 is 29.7 Å². The minimum Gasteiger partial charge on any atom is -0.467 e. The molecular weight excluding hydrogens is 419 g/mol. The van der Waals surface area contributed by atoms with E-state index in [1.54, 1.807) is 24.4 Å². The molecule has 1 amide bonds. The van der Waals surface area contributed by atoms with Gasteiger partial charge in [0, 0.05) is 17.6 Å². The van der Waals surface area contributed by atoms with Crippen LogP contribution in [0.3, 0.4) is 0 Å². The average molecular weight is 437 g/mol. The Labute approximate surface area is 174 Å². The van der Waals surface area contributed by atoms with Gasteiger partial charge in [-0.15, -0.1) is 11.3 Å². The standard InChI is InChI=1S/C20H18F3N3O3S/c1-12-10-15(24-26(12)14-7-4-6-13(11-14)20(21,22)23)18(27)25(2)17(19(28)29-3)16-8-5-9-30-16/h4-11,17H,1-3H3. The molecular formula is C20H18F3N3O3S. The first-order chi connectivity index (χ1) is 14.1. The van der Waals surface area contributed by atoms with Gasteiger partial charge in [-0.25, -0.2) is 9.48 Å². The van der Waals surface area contributed by atoms with E-state index in [-0.39, 0.29) is 11.4 Å². The molecule has 0 radical (unpaired) electrons. The number of benzene rings is 1. The van der Waals surface area contributed by atoms with Gasteiger partial charge in [-0.05, 0) is 42.6 Å². The monoisotopic (exact) mass is 437 g/mol. The molecule has 158 valence electrons. The van der Waals surface area contributed by atoms with Gasteiger partial charge in [-0.3, -0.25) is 4.79 Å². The lowest BCUT2D eigenvalue weighted by atomic mass is 10.2. The first-order valence-corrected chi connectivity index (χ1v) is 9.64. The Hall–Kier alpha value is -3.14. The van der Waals surface area contributed by atoms with E-state index in [0.29, 0.717) is 10.6 Å². The zero-order valence-electron chi connectivity index (χ0n) is 16.3. The maximum absolute atomic E-state index is 13.0. The van der Waals surface area contributed by atoms with Crippen molar-refractivity contribution in [3.8, 4) is 5.69 Å². The van der Waals surface area contributed by atoms with Gasteiger partial charge in [0.15, 0.2) is 11.7 Å². The third kappa shape index (κ3) is 4.23. The van der Waals surface area contributed by atoms with Crippen LogP contribution in [0.15, 0.2) is 47.8 Å². The summed E-state index contributed by atoms with van der Waals surface area (Å²) in [5.41, 5.74) is -0.176. The summed E-state index contributed by atoms with van der Waals surface area (Å²) in [5.74, 6) is -1.17. The molecule has 0 aliphatic rings. The van der Waals surface area contributed by atoms with Crippen LogP contribution in [-0.2, 0) is 15.7 Å². The number of nitrogens with zero attached hydrogens (tertiary/aromatic N) is 3. The van der Waals surface area contributed by atoms with Crippen molar-refractivity contribution in [2.24, 2.45) is 0 Å². The Morgan fingerprint density at radius 3 is 2.53 bits per heavy atom. The van der Waals surface area contributed by atoms with Crippen LogP contribution in [0.2, 0.25) is 0 Å². The first kappa shape index (κ1) is 21.6. The summed E-state index contributed by atoms with van der Waals surface area (Å²) in [6.07, 6.45) is -4.50. The topological polar surface area (TPSA) is 64.4 Å². The predicted molar refractivity (Wildman–Crippen MR) is 104 cm³/mol. The normalized spacial score (nSPS) is 12.5. The summed E-state index contributed by atoms with van der Waals surface area (Å²) in [5, 5.41) is 5.96. The van der Waals surface area contributed by atoms with Crippen LogP contribution in [0.25, 0.3) is 5.69 Å². The van der Waals surface area contributed by atoms with Crippen LogP contribution in [0, 0.1) is 6.92 Å². The number of carbonyl (C=O) groups excluding carboxylic acids is 2. The van der Waals surface area contributed by atoms with E-state index in [9.17, 15) is 22.8 Å². The van der Waals surface area contributed by atoms with Gasteiger partial charge in [0.25, 0.3) is 5.91 Å². The molecule has 3 rings (SSSR count). The smallest absolute Gasteiger partial charge is 0.416 e. The largest absolute Gasteiger partial charge is 0.467 e. The highest BCUT2D eigenvalue weighted by molar-refractivity contribution is 7.10. The molecule has 1 unspecified atom stereocenters. The van der Waals surface area contributed by atoms with Crippen LogP contribution < -0.4 is 0 Å². The molecule has 30 heavy (non-hydrogen) atoms. The molecule has 6 nitrogen and oxygen atoms in total. The highest BCUT2D eigenvalue weighted by Crippen LogP contribution is 2.31. The molecule has 0 N–H and O–H groups in total. The molecule has 1 atom stereocenters. The number of aromatic nitrogens is 2. The second kappa shape index (κ2) is 8.31. The number of ether oxygens (including phenoxy) is 1. The Kier molecular flexibility index (Phi) is 5.97. The van der Waals surface area contributed by atoms with E-state index in [0.717, 1.165) is 12.1 Å². The number of hydrogen-bond donors (Lipinski definition) is 0. The van der Waals surface area contributed by atoms with Crippen LogP contribution in [-0.4, -0.2) is 40.7 Å². The first-order valence-electron chi connectivity index (χ1n) is 8.76. The number of methoxy groups -OCH3 is 1. The summed E-state index contributed by atoms with van der Waals surface area (Å²) in [7, 11) is 2.68. The number of aryl methyl sites for hydroxylation is 1. The molecule has 0 spiro atoms. The summed E-state index contributed by atoms with van der Waals surface area (Å²) in [4.78, 5) is 27.1. The number of thiophene rings is 1. The summed E-state index contributed by atoms with van der Waals surface area (Å²) in [6.45, 7) is 1.63. The fourth-order valence-corrected chi connectivity index (χ4v) is 3.83. The molecule has 10 heteroatoms. The quantitative estimate of drug-likeness (QED) is 0.560. The van der Waals surface area contributed by atoms with Gasteiger partial charge >= 0.3 is 12.1 Å². The number of rotatable bonds is 5. The SMILES string of the molecule is COC(=O)C(c1cccs1)N(C)C(=O)c1cc(C)n(-c2cccc(C(F)(F)F)c2)n1. The van der Waals surface area contributed by atoms with Gasteiger partial charge in [0.2, 0.25) is 0 Å². The Balaban J connectivity index is 1.94. The van der Waals surface area contributed by atoms with Gasteiger partial charge < -0.3 is 9.64 Å². The fourth-order valence-electron chi connectivity index (χ4n) is 2.98. The van der Waals surface area contributed by atoms with Crippen molar-refractivity contribution >= 4 is 23.2 Å². The minimum atomic E-state index is -4.50. The highest BCUT2D eigenvalue weighted by Gasteiger charge is 2.33. The van der Waals surface area contributed by atoms with Crippen molar-refractivity contribution in [1.82, 2.24) is 14.7 Å². The number of amides is 1. The van der Waals surface area contributed by atoms with Gasteiger partial charge in [0.05, 0.1) is 18.4 Å². The predicted octanol–water partition coefficient (Wildman–Crippen LogP) is 4.25. The van der Waals surface area contributed by atoms with E-state index in [1.807, 2.05) is 0 Å². The number of carbonyl (C=O) groups is 2. The molecule has 0 saturated heterocycles. The van der Waals surface area contributed by atoms with Crippen molar-refractivity contribution < 1.29 is 27.5 Å². The van der Waals surface area contributed by atoms with Crippen LogP contribution in [0.5, 0.6) is 0 Å². The third-order valence-electron chi connectivity index (χ3n) is 4.47. The second-order valence-electron chi connectivity index (χ2n) is 6.49. The molecule has 0 aliphatic heterocycles. The summed E-state index contributed by atoms with van der Waals surface area (Å²) < 4.78 is 45.2. The number of likely N-dealkylation sites (N-methyl/N-ethyl adjacent to an activating group) is 1. The molecule has 2 heterocycles. The second-order valence-corrected chi connectivity index (χ2v) is 7.47. The van der Waals surface area contributed by atoms with Crippen LogP contribution in [0.1, 0.15) is 32.7 Å². The van der Waals surface area contributed by atoms with E-state index in [2.05, 4.69) is 5.10 Å². The maximum atomic E-state index is 13.0. The summed E-state index contributed by atoms with van der Waals surface area (Å²) in [6, 6.07) is 8.63. The van der Waals surface area contributed by atoms with Crippen LogP contribution in [0.4, 0.5) is 13.2 Å². The summed E-state index contributed by atoms with van der Waals surface area (Å²) >= 11 is 1.30. The zero-order chi connectivity index (χ0) is 22.1. The lowest BCUT2D eigenvalue weighted by Gasteiger charge is -2.24. The molecule has 1 aromatic carbocycles. The number of alkyl halides is 3. The zero-order valence-corrected chi connectivity index (χ0v) is 17.1. The molecule has 0 aliphatic carbocycles. The van der Waals surface area contributed by atoms with Gasteiger partial charge in [-0.2, -0.15) is 18.3 Å². The Morgan fingerprint density at radius 2 is 1.93 bits per heavy atom. The van der Waals surface area contributed by atoms with Crippen molar-refractivity contribution in [3.63, 3.8) is 0 Å². The molecule has 0 saturated carbocycles. The fraction of sp³-hybridized carbons (Fsp3) is 0.250. The van der Waals surface area contributed by atoms with E-state index >= 15 is 0 Å². The third-order valence-corrected chi connectivity index (χ3v) is 5.39. The van der Waals surface area contributed by atoms with Gasteiger partial charge in [-0.1, -0.05) is 12.1 Å². The lowest BCUT2D eigenvalue weighted by Crippen LogP contribution is -2.36. The van der Waals surface area contributed by atoms with Gasteiger partial charge in [0.1, 0.15) is 0 Å². The average Bonchev–Trinajstić information content (AvgIpc) is 3.36. The molecule has 0 bridgehead atoms. The highest BCUT2D eigenvalue weighted by atomic mass is 32.1. The van der Waals surface area contributed by atoms with Crippen molar-refractivity contribution in [2.75, 3.05) is 14.2 Å². The molecule has 3 aromatic rings. The number of hydrogen-bond acceptors (Lipinski definition) is 5. The van der Waals surface area contributed by atoms with Crippen molar-refractivity contribution in [3.05, 3.63) is 69.7 Å². The molecule has 2 aromatic heterocycles. The van der Waals surface area contributed by atoms with E-state index in [4.69, 9.17) is 4.74 Å². The minimum absolute atomic E-state index is 0.00197. The lowest BCUT2D eigenvalue weighted by molar-refractivity contribution is -0.145.